The van der Waals surface area contributed by atoms with Gasteiger partial charge in [0.25, 0.3) is 0 Å². The summed E-state index contributed by atoms with van der Waals surface area (Å²) in [7, 11) is 1.59. The van der Waals surface area contributed by atoms with E-state index in [1.54, 1.807) is 30.7 Å². The summed E-state index contributed by atoms with van der Waals surface area (Å²) in [6, 6.07) is 1.57. The molecule has 1 aliphatic heterocycles. The first-order chi connectivity index (χ1) is 11.6. The highest BCUT2D eigenvalue weighted by Gasteiger charge is 2.27. The molecule has 24 heavy (non-hydrogen) atoms. The van der Waals surface area contributed by atoms with Gasteiger partial charge in [0.05, 0.1) is 5.01 Å². The van der Waals surface area contributed by atoms with Crippen LogP contribution >= 0.6 is 11.3 Å². The second-order valence-electron chi connectivity index (χ2n) is 5.91. The molecule has 1 atom stereocenters. The summed E-state index contributed by atoms with van der Waals surface area (Å²) in [4.78, 5) is 27.1. The molecule has 0 radical (unpaired) electrons. The van der Waals surface area contributed by atoms with Crippen LogP contribution in [0, 0.1) is 12.8 Å². The highest BCUT2D eigenvalue weighted by Crippen LogP contribution is 2.23. The van der Waals surface area contributed by atoms with Gasteiger partial charge in [-0.1, -0.05) is 0 Å². The van der Waals surface area contributed by atoms with Crippen LogP contribution in [0.5, 0.6) is 0 Å². The van der Waals surface area contributed by atoms with Crippen molar-refractivity contribution in [1.29, 1.82) is 0 Å². The lowest BCUT2D eigenvalue weighted by atomic mass is 10.1. The Labute approximate surface area is 145 Å². The molecule has 8 heteroatoms. The standard InChI is InChI=1S/C16H21N5O2S/c1-11-10-24-15(18-11)7-12-4-6-21(8-12)16(22)20-13-3-5-17-14(19-13)9-23-2/h3,5,10,12H,4,6-9H2,1-2H3,(H,17,19,20,22). The lowest BCUT2D eigenvalue weighted by Crippen LogP contribution is -2.33. The Kier molecular flexibility index (Phi) is 5.37. The van der Waals surface area contributed by atoms with Crippen LogP contribution in [0.15, 0.2) is 17.6 Å². The SMILES string of the molecule is COCc1nccc(NC(=O)N2CCC(Cc3nc(C)cs3)C2)n1. The van der Waals surface area contributed by atoms with Crippen molar-refractivity contribution in [1.82, 2.24) is 19.9 Å². The van der Waals surface area contributed by atoms with E-state index in [1.165, 1.54) is 0 Å². The molecule has 0 spiro atoms. The van der Waals surface area contributed by atoms with Crippen LogP contribution in [0.1, 0.15) is 22.9 Å². The molecule has 128 valence electrons. The van der Waals surface area contributed by atoms with Gasteiger partial charge in [-0.05, 0) is 25.3 Å². The molecule has 1 aliphatic rings. The lowest BCUT2D eigenvalue weighted by Gasteiger charge is -2.17. The molecular weight excluding hydrogens is 326 g/mol. The van der Waals surface area contributed by atoms with Gasteiger partial charge in [0.2, 0.25) is 0 Å². The summed E-state index contributed by atoms with van der Waals surface area (Å²) in [5.74, 6) is 1.52. The fraction of sp³-hybridized carbons (Fsp3) is 0.500. The zero-order valence-corrected chi connectivity index (χ0v) is 14.7. The lowest BCUT2D eigenvalue weighted by molar-refractivity contribution is 0.178. The second-order valence-corrected chi connectivity index (χ2v) is 6.85. The minimum absolute atomic E-state index is 0.116. The normalized spacial score (nSPS) is 17.2. The molecule has 0 bridgehead atoms. The molecule has 3 heterocycles. The van der Waals surface area contributed by atoms with E-state index in [0.29, 0.717) is 24.2 Å². The van der Waals surface area contributed by atoms with Crippen LogP contribution in [0.2, 0.25) is 0 Å². The number of amides is 2. The Morgan fingerprint density at radius 2 is 2.38 bits per heavy atom. The quantitative estimate of drug-likeness (QED) is 0.899. The summed E-state index contributed by atoms with van der Waals surface area (Å²) in [5, 5.41) is 6.06. The van der Waals surface area contributed by atoms with Gasteiger partial charge in [-0.2, -0.15) is 0 Å². The Morgan fingerprint density at radius 3 is 3.12 bits per heavy atom. The van der Waals surface area contributed by atoms with E-state index in [1.807, 2.05) is 11.8 Å². The van der Waals surface area contributed by atoms with E-state index in [-0.39, 0.29) is 6.03 Å². The minimum Gasteiger partial charge on any atom is -0.377 e. The number of urea groups is 1. The molecule has 2 aromatic rings. The number of aromatic nitrogens is 3. The minimum atomic E-state index is -0.116. The Balaban J connectivity index is 1.53. The van der Waals surface area contributed by atoms with Gasteiger partial charge in [-0.25, -0.2) is 19.7 Å². The van der Waals surface area contributed by atoms with E-state index < -0.39 is 0 Å². The number of carbonyl (C=O) groups is 1. The zero-order chi connectivity index (χ0) is 16.9. The number of carbonyl (C=O) groups excluding carboxylic acids is 1. The molecule has 0 aromatic carbocycles. The van der Waals surface area contributed by atoms with Crippen LogP contribution < -0.4 is 5.32 Å². The zero-order valence-electron chi connectivity index (χ0n) is 13.9. The Bertz CT molecular complexity index is 705. The number of anilines is 1. The molecule has 1 unspecified atom stereocenters. The number of ether oxygens (including phenoxy) is 1. The summed E-state index contributed by atoms with van der Waals surface area (Å²) >= 11 is 1.70. The maximum atomic E-state index is 12.4. The molecule has 0 saturated carbocycles. The predicted octanol–water partition coefficient (Wildman–Crippen LogP) is 2.48. The van der Waals surface area contributed by atoms with Crippen LogP contribution in [-0.2, 0) is 17.8 Å². The maximum absolute atomic E-state index is 12.4. The molecule has 0 aliphatic carbocycles. The third-order valence-electron chi connectivity index (χ3n) is 3.92. The van der Waals surface area contributed by atoms with E-state index in [4.69, 9.17) is 4.74 Å². The second kappa shape index (κ2) is 7.67. The first-order valence-electron chi connectivity index (χ1n) is 7.92. The van der Waals surface area contributed by atoms with Gasteiger partial charge in [0, 0.05) is 43.9 Å². The number of thiazole rings is 1. The summed E-state index contributed by atoms with van der Waals surface area (Å²) in [6.07, 6.45) is 3.56. The number of rotatable bonds is 5. The summed E-state index contributed by atoms with van der Waals surface area (Å²) < 4.78 is 5.01. The van der Waals surface area contributed by atoms with Crippen LogP contribution in [0.25, 0.3) is 0 Å². The van der Waals surface area contributed by atoms with E-state index in [9.17, 15) is 4.79 Å². The number of nitrogens with one attached hydrogen (secondary N) is 1. The van der Waals surface area contributed by atoms with Crippen LogP contribution in [0.4, 0.5) is 10.6 Å². The highest BCUT2D eigenvalue weighted by atomic mass is 32.1. The van der Waals surface area contributed by atoms with Gasteiger partial charge < -0.3 is 9.64 Å². The molecule has 1 fully saturated rings. The van der Waals surface area contributed by atoms with Gasteiger partial charge in [-0.15, -0.1) is 11.3 Å². The van der Waals surface area contributed by atoms with Crippen molar-refractivity contribution in [3.63, 3.8) is 0 Å². The van der Waals surface area contributed by atoms with E-state index >= 15 is 0 Å². The van der Waals surface area contributed by atoms with Crippen molar-refractivity contribution in [2.75, 3.05) is 25.5 Å². The Morgan fingerprint density at radius 1 is 1.50 bits per heavy atom. The fourth-order valence-corrected chi connectivity index (χ4v) is 3.67. The van der Waals surface area contributed by atoms with Gasteiger partial charge in [0.15, 0.2) is 5.82 Å². The smallest absolute Gasteiger partial charge is 0.323 e. The van der Waals surface area contributed by atoms with Crippen molar-refractivity contribution in [2.24, 2.45) is 5.92 Å². The number of likely N-dealkylation sites (tertiary alicyclic amines) is 1. The maximum Gasteiger partial charge on any atom is 0.323 e. The largest absolute Gasteiger partial charge is 0.377 e. The number of hydrogen-bond acceptors (Lipinski definition) is 6. The summed E-state index contributed by atoms with van der Waals surface area (Å²) in [6.45, 7) is 3.84. The number of methoxy groups -OCH3 is 1. The average molecular weight is 347 g/mol. The number of aryl methyl sites for hydroxylation is 1. The number of nitrogens with zero attached hydrogens (tertiary/aromatic N) is 4. The van der Waals surface area contributed by atoms with Gasteiger partial charge >= 0.3 is 6.03 Å². The van der Waals surface area contributed by atoms with Gasteiger partial charge in [-0.3, -0.25) is 5.32 Å². The first-order valence-corrected chi connectivity index (χ1v) is 8.80. The third-order valence-corrected chi connectivity index (χ3v) is 4.91. The van der Waals surface area contributed by atoms with E-state index in [2.05, 4.69) is 25.6 Å². The van der Waals surface area contributed by atoms with Crippen LogP contribution in [-0.4, -0.2) is 46.1 Å². The van der Waals surface area contributed by atoms with Crippen molar-refractivity contribution in [3.8, 4) is 0 Å². The highest BCUT2D eigenvalue weighted by molar-refractivity contribution is 7.09. The fourth-order valence-electron chi connectivity index (χ4n) is 2.78. The van der Waals surface area contributed by atoms with Crippen molar-refractivity contribution < 1.29 is 9.53 Å². The molecular formula is C16H21N5O2S. The summed E-state index contributed by atoms with van der Waals surface area (Å²) in [5.41, 5.74) is 1.07. The van der Waals surface area contributed by atoms with Crippen LogP contribution in [0.3, 0.4) is 0 Å². The van der Waals surface area contributed by atoms with Crippen molar-refractivity contribution in [2.45, 2.75) is 26.4 Å². The van der Waals surface area contributed by atoms with E-state index in [0.717, 1.165) is 36.6 Å². The molecule has 1 N–H and O–H groups in total. The molecule has 2 amide bonds. The number of hydrogen-bond donors (Lipinski definition) is 1. The monoisotopic (exact) mass is 347 g/mol. The topological polar surface area (TPSA) is 80.2 Å². The van der Waals surface area contributed by atoms with Crippen molar-refractivity contribution in [3.05, 3.63) is 34.2 Å². The Hall–Kier alpha value is -2.06. The first kappa shape index (κ1) is 16.8. The molecule has 1 saturated heterocycles. The average Bonchev–Trinajstić information content (AvgIpc) is 3.18. The molecule has 3 rings (SSSR count). The predicted molar refractivity (Wildman–Crippen MR) is 92.0 cm³/mol. The van der Waals surface area contributed by atoms with Gasteiger partial charge in [0.1, 0.15) is 12.4 Å². The van der Waals surface area contributed by atoms with Crippen molar-refractivity contribution >= 4 is 23.2 Å². The third kappa shape index (κ3) is 4.27. The molecule has 2 aromatic heterocycles. The molecule has 7 nitrogen and oxygen atoms in total.